The highest BCUT2D eigenvalue weighted by atomic mass is 32.2. The minimum absolute atomic E-state index is 0.0996. The molecule has 0 aliphatic carbocycles. The van der Waals surface area contributed by atoms with E-state index >= 15 is 0 Å². The molecular formula is C18H24N3OS+. The number of quaternary nitrogens is 1. The largest absolute Gasteiger partial charge is 0.350 e. The van der Waals surface area contributed by atoms with E-state index in [1.807, 2.05) is 30.5 Å². The molecule has 4 nitrogen and oxygen atoms in total. The lowest BCUT2D eigenvalue weighted by molar-refractivity contribution is -0.910. The van der Waals surface area contributed by atoms with Crippen molar-refractivity contribution < 1.29 is 9.69 Å². The third-order valence-electron chi connectivity index (χ3n) is 4.59. The Balaban J connectivity index is 1.66. The SMILES string of the molecule is CSc1ccccc1NC(=O)C[NH+]1CCC[C@@H]1c1cccn1C. The van der Waals surface area contributed by atoms with Crippen LogP contribution in [0.4, 0.5) is 5.69 Å². The molecule has 1 amide bonds. The van der Waals surface area contributed by atoms with Gasteiger partial charge in [0.1, 0.15) is 6.04 Å². The summed E-state index contributed by atoms with van der Waals surface area (Å²) in [5, 5.41) is 3.08. The van der Waals surface area contributed by atoms with Gasteiger partial charge in [0.2, 0.25) is 0 Å². The van der Waals surface area contributed by atoms with Gasteiger partial charge in [-0.2, -0.15) is 0 Å². The van der Waals surface area contributed by atoms with E-state index in [1.54, 1.807) is 11.8 Å². The lowest BCUT2D eigenvalue weighted by Gasteiger charge is -2.22. The summed E-state index contributed by atoms with van der Waals surface area (Å²) in [4.78, 5) is 15.0. The van der Waals surface area contributed by atoms with Crippen molar-refractivity contribution in [2.24, 2.45) is 7.05 Å². The molecule has 1 unspecified atom stereocenters. The van der Waals surface area contributed by atoms with Crippen molar-refractivity contribution in [2.75, 3.05) is 24.7 Å². The highest BCUT2D eigenvalue weighted by molar-refractivity contribution is 7.98. The van der Waals surface area contributed by atoms with Crippen LogP contribution in [0.25, 0.3) is 0 Å². The molecule has 1 aliphatic heterocycles. The van der Waals surface area contributed by atoms with Gasteiger partial charge >= 0.3 is 0 Å². The molecule has 2 aromatic rings. The first-order chi connectivity index (χ1) is 11.2. The van der Waals surface area contributed by atoms with Crippen molar-refractivity contribution in [3.8, 4) is 0 Å². The van der Waals surface area contributed by atoms with Gasteiger partial charge in [-0.1, -0.05) is 12.1 Å². The van der Waals surface area contributed by atoms with Crippen LogP contribution >= 0.6 is 11.8 Å². The summed E-state index contributed by atoms with van der Waals surface area (Å²) in [5.74, 6) is 0.0996. The summed E-state index contributed by atoms with van der Waals surface area (Å²) in [7, 11) is 2.08. The number of anilines is 1. The number of thioether (sulfide) groups is 1. The van der Waals surface area contributed by atoms with E-state index in [2.05, 4.69) is 35.3 Å². The molecule has 0 saturated carbocycles. The van der Waals surface area contributed by atoms with Gasteiger partial charge in [0, 0.05) is 31.0 Å². The number of aryl methyl sites for hydroxylation is 1. The third-order valence-corrected chi connectivity index (χ3v) is 5.39. The van der Waals surface area contributed by atoms with Gasteiger partial charge in [0.15, 0.2) is 6.54 Å². The fourth-order valence-electron chi connectivity index (χ4n) is 3.47. The summed E-state index contributed by atoms with van der Waals surface area (Å²) in [6.45, 7) is 1.59. The Morgan fingerprint density at radius 1 is 1.35 bits per heavy atom. The Labute approximate surface area is 141 Å². The fraction of sp³-hybridized carbons (Fsp3) is 0.389. The first kappa shape index (κ1) is 16.1. The van der Waals surface area contributed by atoms with Crippen LogP contribution in [0, 0.1) is 0 Å². The van der Waals surface area contributed by atoms with Crippen LogP contribution < -0.4 is 10.2 Å². The predicted octanol–water partition coefficient (Wildman–Crippen LogP) is 2.11. The van der Waals surface area contributed by atoms with Crippen LogP contribution in [0.5, 0.6) is 0 Å². The summed E-state index contributed by atoms with van der Waals surface area (Å²) >= 11 is 1.66. The molecule has 0 radical (unpaired) electrons. The number of hydrogen-bond acceptors (Lipinski definition) is 2. The number of rotatable bonds is 5. The van der Waals surface area contributed by atoms with E-state index in [0.717, 1.165) is 23.5 Å². The van der Waals surface area contributed by atoms with Crippen molar-refractivity contribution >= 4 is 23.4 Å². The van der Waals surface area contributed by atoms with Crippen molar-refractivity contribution in [3.63, 3.8) is 0 Å². The first-order valence-corrected chi connectivity index (χ1v) is 9.30. The molecule has 5 heteroatoms. The van der Waals surface area contributed by atoms with Crippen LogP contribution in [-0.2, 0) is 11.8 Å². The van der Waals surface area contributed by atoms with Crippen molar-refractivity contribution in [2.45, 2.75) is 23.8 Å². The van der Waals surface area contributed by atoms with Crippen molar-refractivity contribution in [3.05, 3.63) is 48.3 Å². The monoisotopic (exact) mass is 330 g/mol. The molecule has 122 valence electrons. The van der Waals surface area contributed by atoms with Gasteiger partial charge in [0.05, 0.1) is 17.9 Å². The highest BCUT2D eigenvalue weighted by Crippen LogP contribution is 2.24. The molecule has 1 fully saturated rings. The van der Waals surface area contributed by atoms with Crippen LogP contribution in [0.2, 0.25) is 0 Å². The molecule has 2 atom stereocenters. The average Bonchev–Trinajstić information content (AvgIpc) is 3.16. The van der Waals surface area contributed by atoms with E-state index in [0.29, 0.717) is 12.6 Å². The van der Waals surface area contributed by atoms with Gasteiger partial charge in [-0.15, -0.1) is 11.8 Å². The predicted molar refractivity (Wildman–Crippen MR) is 94.9 cm³/mol. The number of nitrogens with one attached hydrogen (secondary N) is 2. The second kappa shape index (κ2) is 7.23. The number of nitrogens with zero attached hydrogens (tertiary/aromatic N) is 1. The summed E-state index contributed by atoms with van der Waals surface area (Å²) < 4.78 is 2.18. The number of aromatic nitrogens is 1. The van der Waals surface area contributed by atoms with E-state index in [-0.39, 0.29) is 5.91 Å². The minimum atomic E-state index is 0.0996. The number of para-hydroxylation sites is 1. The second-order valence-corrected chi connectivity index (χ2v) is 6.92. The Hall–Kier alpha value is -1.72. The summed E-state index contributed by atoms with van der Waals surface area (Å²) in [6, 6.07) is 12.7. The van der Waals surface area contributed by atoms with E-state index in [1.165, 1.54) is 17.0 Å². The molecule has 1 aliphatic rings. The van der Waals surface area contributed by atoms with E-state index in [4.69, 9.17) is 0 Å². The molecule has 1 aromatic heterocycles. The zero-order chi connectivity index (χ0) is 16.2. The van der Waals surface area contributed by atoms with E-state index < -0.39 is 0 Å². The standard InChI is InChI=1S/C18H23N3OS/c1-20-11-5-8-15(20)16-9-6-12-21(16)13-18(22)19-14-7-3-4-10-17(14)23-2/h3-5,7-8,10-11,16H,6,9,12-13H2,1-2H3,(H,19,22)/p+1/t16-/m1/s1. The van der Waals surface area contributed by atoms with Crippen LogP contribution in [0.15, 0.2) is 47.5 Å². The molecule has 2 N–H and O–H groups in total. The van der Waals surface area contributed by atoms with E-state index in [9.17, 15) is 4.79 Å². The molecule has 3 rings (SSSR count). The smallest absolute Gasteiger partial charge is 0.279 e. The van der Waals surface area contributed by atoms with Gasteiger partial charge in [-0.3, -0.25) is 4.79 Å². The molecule has 0 spiro atoms. The van der Waals surface area contributed by atoms with Gasteiger partial charge in [0.25, 0.3) is 5.91 Å². The average molecular weight is 330 g/mol. The Kier molecular flexibility index (Phi) is 5.08. The normalized spacial score (nSPS) is 20.6. The maximum Gasteiger partial charge on any atom is 0.279 e. The first-order valence-electron chi connectivity index (χ1n) is 8.07. The lowest BCUT2D eigenvalue weighted by Crippen LogP contribution is -3.11. The number of hydrogen-bond donors (Lipinski definition) is 2. The van der Waals surface area contributed by atoms with Gasteiger partial charge in [-0.05, 0) is 30.5 Å². The molecular weight excluding hydrogens is 306 g/mol. The van der Waals surface area contributed by atoms with Gasteiger partial charge < -0.3 is 14.8 Å². The zero-order valence-electron chi connectivity index (χ0n) is 13.7. The molecule has 2 heterocycles. The van der Waals surface area contributed by atoms with Crippen LogP contribution in [0.3, 0.4) is 0 Å². The Bertz CT molecular complexity index is 682. The molecule has 1 saturated heterocycles. The molecule has 1 aromatic carbocycles. The second-order valence-electron chi connectivity index (χ2n) is 6.07. The van der Waals surface area contributed by atoms with Crippen LogP contribution in [-0.4, -0.2) is 29.8 Å². The number of carbonyl (C=O) groups is 1. The van der Waals surface area contributed by atoms with Crippen molar-refractivity contribution in [1.29, 1.82) is 0 Å². The van der Waals surface area contributed by atoms with Gasteiger partial charge in [-0.25, -0.2) is 0 Å². The maximum absolute atomic E-state index is 12.5. The van der Waals surface area contributed by atoms with Crippen molar-refractivity contribution in [1.82, 2.24) is 4.57 Å². The number of carbonyl (C=O) groups excluding carboxylic acids is 1. The number of amides is 1. The number of likely N-dealkylation sites (tertiary alicyclic amines) is 1. The quantitative estimate of drug-likeness (QED) is 0.824. The zero-order valence-corrected chi connectivity index (χ0v) is 14.5. The highest BCUT2D eigenvalue weighted by Gasteiger charge is 2.33. The molecule has 0 bridgehead atoms. The topological polar surface area (TPSA) is 38.5 Å². The summed E-state index contributed by atoms with van der Waals surface area (Å²) in [6.07, 6.45) is 6.45. The third kappa shape index (κ3) is 3.62. The fourth-order valence-corrected chi connectivity index (χ4v) is 4.02. The number of benzene rings is 1. The van der Waals surface area contributed by atoms with Crippen LogP contribution in [0.1, 0.15) is 24.6 Å². The lowest BCUT2D eigenvalue weighted by atomic mass is 10.1. The summed E-state index contributed by atoms with van der Waals surface area (Å²) in [5.41, 5.74) is 2.24. The Morgan fingerprint density at radius 3 is 2.91 bits per heavy atom. The maximum atomic E-state index is 12.5. The Morgan fingerprint density at radius 2 is 2.17 bits per heavy atom. The minimum Gasteiger partial charge on any atom is -0.350 e. The molecule has 23 heavy (non-hydrogen) atoms.